The summed E-state index contributed by atoms with van der Waals surface area (Å²) in [5, 5.41) is 3.31. The van der Waals surface area contributed by atoms with Crippen LogP contribution in [-0.4, -0.2) is 25.4 Å². The van der Waals surface area contributed by atoms with Crippen LogP contribution in [0.15, 0.2) is 24.3 Å². The van der Waals surface area contributed by atoms with Gasteiger partial charge in [-0.1, -0.05) is 26.0 Å². The van der Waals surface area contributed by atoms with Crippen molar-refractivity contribution >= 4 is 0 Å². The predicted octanol–water partition coefficient (Wildman–Crippen LogP) is 3.38. The van der Waals surface area contributed by atoms with Gasteiger partial charge in [0.2, 0.25) is 0 Å². The fourth-order valence-corrected chi connectivity index (χ4v) is 1.59. The van der Waals surface area contributed by atoms with Gasteiger partial charge in [-0.2, -0.15) is 0 Å². The van der Waals surface area contributed by atoms with Gasteiger partial charge in [0.05, 0.1) is 12.2 Å². The minimum Gasteiger partial charge on any atom is -0.491 e. The van der Waals surface area contributed by atoms with Crippen molar-refractivity contribution in [3.05, 3.63) is 29.8 Å². The summed E-state index contributed by atoms with van der Waals surface area (Å²) in [6, 6.07) is 8.19. The zero-order valence-corrected chi connectivity index (χ0v) is 12.7. The first-order valence-corrected chi connectivity index (χ1v) is 7.14. The number of hydrogen-bond acceptors (Lipinski definition) is 3. The summed E-state index contributed by atoms with van der Waals surface area (Å²) in [7, 11) is 0. The molecule has 0 atom stereocenters. The first-order chi connectivity index (χ1) is 9.07. The van der Waals surface area contributed by atoms with E-state index < -0.39 is 0 Å². The van der Waals surface area contributed by atoms with E-state index in [0.29, 0.717) is 13.2 Å². The van der Waals surface area contributed by atoms with Crippen LogP contribution in [0.1, 0.15) is 39.7 Å². The largest absolute Gasteiger partial charge is 0.491 e. The zero-order chi connectivity index (χ0) is 14.1. The second-order valence-corrected chi connectivity index (χ2v) is 5.24. The molecule has 0 bridgehead atoms. The Morgan fingerprint density at radius 3 is 2.63 bits per heavy atom. The van der Waals surface area contributed by atoms with E-state index >= 15 is 0 Å². The minimum absolute atomic E-state index is 0.0593. The molecule has 0 amide bonds. The van der Waals surface area contributed by atoms with Crippen LogP contribution >= 0.6 is 0 Å². The molecule has 0 saturated heterocycles. The molecule has 0 aliphatic heterocycles. The van der Waals surface area contributed by atoms with Crippen molar-refractivity contribution in [1.82, 2.24) is 5.32 Å². The first-order valence-electron chi connectivity index (χ1n) is 7.14. The molecule has 1 aromatic carbocycles. The highest BCUT2D eigenvalue weighted by Crippen LogP contribution is 2.15. The van der Waals surface area contributed by atoms with E-state index in [0.717, 1.165) is 25.3 Å². The Morgan fingerprint density at radius 1 is 1.16 bits per heavy atom. The summed E-state index contributed by atoms with van der Waals surface area (Å²) in [6.07, 6.45) is 1.01. The molecule has 0 heterocycles. The SMILES string of the molecule is CCNCc1cccc(OCCOC(C)(C)CC)c1. The Labute approximate surface area is 117 Å². The lowest BCUT2D eigenvalue weighted by molar-refractivity contribution is -0.0317. The lowest BCUT2D eigenvalue weighted by Gasteiger charge is -2.23. The molecule has 3 heteroatoms. The summed E-state index contributed by atoms with van der Waals surface area (Å²) in [4.78, 5) is 0. The molecule has 0 aliphatic rings. The van der Waals surface area contributed by atoms with E-state index in [1.807, 2.05) is 12.1 Å². The highest BCUT2D eigenvalue weighted by atomic mass is 16.5. The standard InChI is InChI=1S/C16H27NO2/c1-5-16(3,4)19-11-10-18-15-9-7-8-14(12-15)13-17-6-2/h7-9,12,17H,5-6,10-11,13H2,1-4H3. The molecule has 0 aromatic heterocycles. The van der Waals surface area contributed by atoms with E-state index in [-0.39, 0.29) is 5.60 Å². The van der Waals surface area contributed by atoms with Crippen LogP contribution in [-0.2, 0) is 11.3 Å². The van der Waals surface area contributed by atoms with Gasteiger partial charge in [0.1, 0.15) is 12.4 Å². The van der Waals surface area contributed by atoms with Crippen LogP contribution < -0.4 is 10.1 Å². The van der Waals surface area contributed by atoms with Gasteiger partial charge >= 0.3 is 0 Å². The summed E-state index contributed by atoms with van der Waals surface area (Å²) in [6.45, 7) is 11.5. The van der Waals surface area contributed by atoms with Crippen LogP contribution in [0, 0.1) is 0 Å². The molecule has 1 N–H and O–H groups in total. The molecule has 0 aliphatic carbocycles. The van der Waals surface area contributed by atoms with Crippen molar-refractivity contribution in [1.29, 1.82) is 0 Å². The fraction of sp³-hybridized carbons (Fsp3) is 0.625. The van der Waals surface area contributed by atoms with Gasteiger partial charge in [-0.3, -0.25) is 0 Å². The number of nitrogens with one attached hydrogen (secondary N) is 1. The van der Waals surface area contributed by atoms with Crippen molar-refractivity contribution in [3.8, 4) is 5.75 Å². The molecular formula is C16H27NO2. The lowest BCUT2D eigenvalue weighted by atomic mass is 10.1. The minimum atomic E-state index is -0.0593. The van der Waals surface area contributed by atoms with E-state index in [1.165, 1.54) is 5.56 Å². The fourth-order valence-electron chi connectivity index (χ4n) is 1.59. The zero-order valence-electron chi connectivity index (χ0n) is 12.7. The van der Waals surface area contributed by atoms with Gasteiger partial charge in [0.25, 0.3) is 0 Å². The smallest absolute Gasteiger partial charge is 0.119 e. The van der Waals surface area contributed by atoms with Crippen LogP contribution in [0.25, 0.3) is 0 Å². The Morgan fingerprint density at radius 2 is 1.95 bits per heavy atom. The molecule has 1 rings (SSSR count). The molecule has 0 spiro atoms. The van der Waals surface area contributed by atoms with Crippen LogP contribution in [0.2, 0.25) is 0 Å². The molecule has 19 heavy (non-hydrogen) atoms. The highest BCUT2D eigenvalue weighted by molar-refractivity contribution is 5.28. The lowest BCUT2D eigenvalue weighted by Crippen LogP contribution is -2.25. The average Bonchev–Trinajstić information content (AvgIpc) is 2.42. The van der Waals surface area contributed by atoms with Crippen molar-refractivity contribution in [3.63, 3.8) is 0 Å². The van der Waals surface area contributed by atoms with Gasteiger partial charge in [0.15, 0.2) is 0 Å². The second kappa shape index (κ2) is 8.18. The Hall–Kier alpha value is -1.06. The highest BCUT2D eigenvalue weighted by Gasteiger charge is 2.14. The van der Waals surface area contributed by atoms with Gasteiger partial charge < -0.3 is 14.8 Å². The molecule has 0 unspecified atom stereocenters. The summed E-state index contributed by atoms with van der Waals surface area (Å²) >= 11 is 0. The molecule has 108 valence electrons. The second-order valence-electron chi connectivity index (χ2n) is 5.24. The monoisotopic (exact) mass is 265 g/mol. The first kappa shape index (κ1) is 16.0. The van der Waals surface area contributed by atoms with Gasteiger partial charge in [-0.15, -0.1) is 0 Å². The Balaban J connectivity index is 2.33. The number of benzene rings is 1. The van der Waals surface area contributed by atoms with Crippen molar-refractivity contribution in [2.45, 2.75) is 46.3 Å². The summed E-state index contributed by atoms with van der Waals surface area (Å²) in [5.74, 6) is 0.910. The predicted molar refractivity (Wildman–Crippen MR) is 79.6 cm³/mol. The van der Waals surface area contributed by atoms with E-state index in [2.05, 4.69) is 45.1 Å². The van der Waals surface area contributed by atoms with Crippen molar-refractivity contribution < 1.29 is 9.47 Å². The number of hydrogen-bond donors (Lipinski definition) is 1. The molecule has 1 aromatic rings. The summed E-state index contributed by atoms with van der Waals surface area (Å²) in [5.41, 5.74) is 1.19. The molecule has 3 nitrogen and oxygen atoms in total. The Bertz CT molecular complexity index is 364. The van der Waals surface area contributed by atoms with Crippen LogP contribution in [0.3, 0.4) is 0 Å². The van der Waals surface area contributed by atoms with Crippen molar-refractivity contribution in [2.24, 2.45) is 0 Å². The molecule has 0 radical (unpaired) electrons. The van der Waals surface area contributed by atoms with E-state index in [9.17, 15) is 0 Å². The van der Waals surface area contributed by atoms with Crippen molar-refractivity contribution in [2.75, 3.05) is 19.8 Å². The maximum atomic E-state index is 5.76. The Kier molecular flexibility index (Phi) is 6.89. The van der Waals surface area contributed by atoms with E-state index in [1.54, 1.807) is 0 Å². The number of rotatable bonds is 9. The van der Waals surface area contributed by atoms with Crippen LogP contribution in [0.5, 0.6) is 5.75 Å². The third-order valence-electron chi connectivity index (χ3n) is 3.17. The van der Waals surface area contributed by atoms with E-state index in [4.69, 9.17) is 9.47 Å². The summed E-state index contributed by atoms with van der Waals surface area (Å²) < 4.78 is 11.5. The maximum absolute atomic E-state index is 5.76. The third-order valence-corrected chi connectivity index (χ3v) is 3.17. The quantitative estimate of drug-likeness (QED) is 0.694. The topological polar surface area (TPSA) is 30.5 Å². The van der Waals surface area contributed by atoms with Gasteiger partial charge in [-0.05, 0) is 44.5 Å². The molecular weight excluding hydrogens is 238 g/mol. The van der Waals surface area contributed by atoms with Gasteiger partial charge in [-0.25, -0.2) is 0 Å². The molecule has 0 fully saturated rings. The maximum Gasteiger partial charge on any atom is 0.119 e. The normalized spacial score (nSPS) is 11.6. The van der Waals surface area contributed by atoms with Gasteiger partial charge in [0, 0.05) is 6.54 Å². The van der Waals surface area contributed by atoms with Crippen LogP contribution in [0.4, 0.5) is 0 Å². The average molecular weight is 265 g/mol. The number of ether oxygens (including phenoxy) is 2. The third kappa shape index (κ3) is 6.60. The molecule has 0 saturated carbocycles.